The third-order valence-electron chi connectivity index (χ3n) is 4.51. The Bertz CT molecular complexity index is 1030. The number of carbonyl (C=O) groups is 1. The molecule has 1 unspecified atom stereocenters. The smallest absolute Gasteiger partial charge is 0.319 e. The summed E-state index contributed by atoms with van der Waals surface area (Å²) in [5.74, 6) is 0.598. The minimum absolute atomic E-state index is 0.202. The molecule has 0 saturated carbocycles. The fourth-order valence-electron chi connectivity index (χ4n) is 3.12. The molecule has 1 atom stereocenters. The number of nitrogens with one attached hydrogen (secondary N) is 2. The first-order chi connectivity index (χ1) is 14.1. The number of benzene rings is 2. The molecule has 1 aromatic heterocycles. The number of thioether (sulfide) groups is 1. The van der Waals surface area contributed by atoms with Gasteiger partial charge < -0.3 is 10.6 Å². The lowest BCUT2D eigenvalue weighted by molar-refractivity contribution is 0.248. The minimum Gasteiger partial charge on any atom is -0.331 e. The van der Waals surface area contributed by atoms with Crippen molar-refractivity contribution in [2.75, 3.05) is 11.1 Å². The number of nitrogens with zero attached hydrogens (tertiary/aromatic N) is 2. The summed E-state index contributed by atoms with van der Waals surface area (Å²) < 4.78 is 13.7. The summed E-state index contributed by atoms with van der Waals surface area (Å²) in [5, 5.41) is 6.55. The van der Waals surface area contributed by atoms with Crippen LogP contribution < -0.4 is 10.6 Å². The van der Waals surface area contributed by atoms with Crippen molar-refractivity contribution in [1.29, 1.82) is 0 Å². The molecule has 0 fully saturated rings. The molecule has 2 amide bonds. The van der Waals surface area contributed by atoms with E-state index >= 15 is 0 Å². The number of amides is 2. The SMILES string of the molecule is Cc1cc(Sc2ncccn2)ccc1NC(=O)NC1CCSc2ccc(F)cc21. The second kappa shape index (κ2) is 8.84. The lowest BCUT2D eigenvalue weighted by atomic mass is 10.0. The number of anilines is 1. The van der Waals surface area contributed by atoms with Crippen molar-refractivity contribution in [3.63, 3.8) is 0 Å². The number of rotatable bonds is 4. The van der Waals surface area contributed by atoms with Gasteiger partial charge in [-0.1, -0.05) is 0 Å². The molecule has 2 aromatic carbocycles. The van der Waals surface area contributed by atoms with Crippen molar-refractivity contribution < 1.29 is 9.18 Å². The minimum atomic E-state index is -0.299. The molecule has 1 aliphatic heterocycles. The molecular formula is C21H19FN4OS2. The fourth-order valence-corrected chi connectivity index (χ4v) is 5.03. The highest BCUT2D eigenvalue weighted by atomic mass is 32.2. The fraction of sp³-hybridized carbons (Fsp3) is 0.190. The van der Waals surface area contributed by atoms with Crippen molar-refractivity contribution >= 4 is 35.2 Å². The van der Waals surface area contributed by atoms with Crippen LogP contribution in [0.3, 0.4) is 0 Å². The maximum Gasteiger partial charge on any atom is 0.319 e. The molecule has 0 bridgehead atoms. The number of urea groups is 1. The monoisotopic (exact) mass is 426 g/mol. The first kappa shape index (κ1) is 19.7. The molecule has 2 N–H and O–H groups in total. The van der Waals surface area contributed by atoms with Crippen LogP contribution in [0.25, 0.3) is 0 Å². The van der Waals surface area contributed by atoms with E-state index in [1.165, 1.54) is 23.9 Å². The molecule has 2 heterocycles. The molecule has 0 aliphatic carbocycles. The molecule has 29 heavy (non-hydrogen) atoms. The zero-order valence-electron chi connectivity index (χ0n) is 15.7. The van der Waals surface area contributed by atoms with Gasteiger partial charge in [0.15, 0.2) is 5.16 Å². The summed E-state index contributed by atoms with van der Waals surface area (Å²) in [7, 11) is 0. The van der Waals surface area contributed by atoms with Gasteiger partial charge in [-0.2, -0.15) is 0 Å². The van der Waals surface area contributed by atoms with E-state index in [1.807, 2.05) is 25.1 Å². The zero-order valence-corrected chi connectivity index (χ0v) is 17.3. The lowest BCUT2D eigenvalue weighted by Crippen LogP contribution is -2.34. The first-order valence-corrected chi connectivity index (χ1v) is 10.9. The van der Waals surface area contributed by atoms with Gasteiger partial charge in [-0.05, 0) is 78.7 Å². The quantitative estimate of drug-likeness (QED) is 0.544. The summed E-state index contributed by atoms with van der Waals surface area (Å²) in [4.78, 5) is 23.0. The van der Waals surface area contributed by atoms with E-state index in [0.29, 0.717) is 5.16 Å². The van der Waals surface area contributed by atoms with Crippen LogP contribution in [-0.4, -0.2) is 21.8 Å². The average molecular weight is 427 g/mol. The molecule has 148 valence electrons. The predicted octanol–water partition coefficient (Wildman–Crippen LogP) is 5.43. The van der Waals surface area contributed by atoms with Crippen molar-refractivity contribution in [3.8, 4) is 0 Å². The summed E-state index contributed by atoms with van der Waals surface area (Å²) in [6, 6.07) is 11.8. The van der Waals surface area contributed by atoms with Crippen molar-refractivity contribution in [3.05, 3.63) is 71.8 Å². The van der Waals surface area contributed by atoms with Crippen LogP contribution in [0.1, 0.15) is 23.6 Å². The average Bonchev–Trinajstić information content (AvgIpc) is 2.71. The highest BCUT2D eigenvalue weighted by Gasteiger charge is 2.23. The zero-order chi connectivity index (χ0) is 20.2. The van der Waals surface area contributed by atoms with Gasteiger partial charge in [-0.25, -0.2) is 19.2 Å². The van der Waals surface area contributed by atoms with Gasteiger partial charge in [0, 0.05) is 33.6 Å². The Morgan fingerprint density at radius 3 is 2.83 bits per heavy atom. The molecular weight excluding hydrogens is 407 g/mol. The maximum atomic E-state index is 13.7. The van der Waals surface area contributed by atoms with E-state index in [1.54, 1.807) is 36.3 Å². The molecule has 1 aliphatic rings. The van der Waals surface area contributed by atoms with Crippen LogP contribution in [0, 0.1) is 12.7 Å². The first-order valence-electron chi connectivity index (χ1n) is 9.14. The van der Waals surface area contributed by atoms with Crippen LogP contribution in [0.5, 0.6) is 0 Å². The summed E-state index contributed by atoms with van der Waals surface area (Å²) in [5.41, 5.74) is 2.50. The number of carbonyl (C=O) groups excluding carboxylic acids is 1. The maximum absolute atomic E-state index is 13.7. The lowest BCUT2D eigenvalue weighted by Gasteiger charge is -2.26. The highest BCUT2D eigenvalue weighted by Crippen LogP contribution is 2.36. The Balaban J connectivity index is 1.42. The van der Waals surface area contributed by atoms with Gasteiger partial charge in [0.1, 0.15) is 5.82 Å². The van der Waals surface area contributed by atoms with Crippen molar-refractivity contribution in [2.45, 2.75) is 34.3 Å². The van der Waals surface area contributed by atoms with Crippen LogP contribution in [0.4, 0.5) is 14.9 Å². The molecule has 5 nitrogen and oxygen atoms in total. The topological polar surface area (TPSA) is 66.9 Å². The van der Waals surface area contributed by atoms with Crippen molar-refractivity contribution in [1.82, 2.24) is 15.3 Å². The number of halogens is 1. The predicted molar refractivity (Wildman–Crippen MR) is 114 cm³/mol. The number of fused-ring (bicyclic) bond motifs is 1. The van der Waals surface area contributed by atoms with Crippen LogP contribution in [0.2, 0.25) is 0 Å². The largest absolute Gasteiger partial charge is 0.331 e. The number of aryl methyl sites for hydroxylation is 1. The molecule has 0 spiro atoms. The van der Waals surface area contributed by atoms with E-state index < -0.39 is 0 Å². The third-order valence-corrected chi connectivity index (χ3v) is 6.52. The van der Waals surface area contributed by atoms with Gasteiger partial charge >= 0.3 is 6.03 Å². The third kappa shape index (κ3) is 4.89. The second-order valence-corrected chi connectivity index (χ2v) is 8.76. The van der Waals surface area contributed by atoms with E-state index in [4.69, 9.17) is 0 Å². The van der Waals surface area contributed by atoms with Crippen LogP contribution in [0.15, 0.2) is 69.8 Å². The Hall–Kier alpha value is -2.58. The second-order valence-electron chi connectivity index (χ2n) is 6.58. The Kier molecular flexibility index (Phi) is 6.01. The molecule has 8 heteroatoms. The van der Waals surface area contributed by atoms with E-state index in [9.17, 15) is 9.18 Å². The Morgan fingerprint density at radius 1 is 1.21 bits per heavy atom. The van der Waals surface area contributed by atoms with Gasteiger partial charge in [-0.15, -0.1) is 11.8 Å². The molecule has 0 radical (unpaired) electrons. The van der Waals surface area contributed by atoms with E-state index in [-0.39, 0.29) is 17.9 Å². The Morgan fingerprint density at radius 2 is 2.03 bits per heavy atom. The van der Waals surface area contributed by atoms with Gasteiger partial charge in [-0.3, -0.25) is 0 Å². The number of aromatic nitrogens is 2. The Labute approximate surface area is 176 Å². The van der Waals surface area contributed by atoms with E-state index in [2.05, 4.69) is 20.6 Å². The molecule has 3 aromatic rings. The van der Waals surface area contributed by atoms with Gasteiger partial charge in [0.05, 0.1) is 6.04 Å². The number of hydrogen-bond donors (Lipinski definition) is 2. The standard InChI is InChI=1S/C21H19FN4OS2/c1-13-11-15(29-21-23-8-2-9-24-21)4-5-17(13)25-20(27)26-18-7-10-28-19-6-3-14(22)12-16(18)19/h2-6,8-9,11-12,18H,7,10H2,1H3,(H2,25,26,27). The highest BCUT2D eigenvalue weighted by molar-refractivity contribution is 7.99. The van der Waals surface area contributed by atoms with Crippen LogP contribution in [-0.2, 0) is 0 Å². The molecule has 4 rings (SSSR count). The van der Waals surface area contributed by atoms with E-state index in [0.717, 1.165) is 38.8 Å². The summed E-state index contributed by atoms with van der Waals surface area (Å²) in [6.45, 7) is 1.94. The van der Waals surface area contributed by atoms with Crippen molar-refractivity contribution in [2.24, 2.45) is 0 Å². The summed E-state index contributed by atoms with van der Waals surface area (Å²) >= 11 is 3.15. The van der Waals surface area contributed by atoms with Gasteiger partial charge in [0.25, 0.3) is 0 Å². The van der Waals surface area contributed by atoms with Gasteiger partial charge in [0.2, 0.25) is 0 Å². The summed E-state index contributed by atoms with van der Waals surface area (Å²) in [6.07, 6.45) is 4.17. The van der Waals surface area contributed by atoms with Crippen LogP contribution >= 0.6 is 23.5 Å². The normalized spacial score (nSPS) is 15.4. The molecule has 0 saturated heterocycles. The number of hydrogen-bond acceptors (Lipinski definition) is 5.